The second kappa shape index (κ2) is 6.79. The van der Waals surface area contributed by atoms with E-state index >= 15 is 0 Å². The number of ether oxygens (including phenoxy) is 2. The number of hydrogen-bond acceptors (Lipinski definition) is 4. The van der Waals surface area contributed by atoms with Gasteiger partial charge in [-0.15, -0.1) is 0 Å². The molecule has 2 aromatic rings. The van der Waals surface area contributed by atoms with Crippen molar-refractivity contribution in [3.05, 3.63) is 65.2 Å². The predicted octanol–water partition coefficient (Wildman–Crippen LogP) is 4.44. The Labute approximate surface area is 141 Å². The summed E-state index contributed by atoms with van der Waals surface area (Å²) in [4.78, 5) is 12.4. The minimum absolute atomic E-state index is 0.101. The molecule has 2 aromatic carbocycles. The highest BCUT2D eigenvalue weighted by Crippen LogP contribution is 2.41. The molecule has 124 valence electrons. The van der Waals surface area contributed by atoms with Crippen LogP contribution in [0, 0.1) is 0 Å². The van der Waals surface area contributed by atoms with Gasteiger partial charge in [-0.25, -0.2) is 0 Å². The highest BCUT2D eigenvalue weighted by Gasteiger charge is 2.30. The Balaban J connectivity index is 1.88. The highest BCUT2D eigenvalue weighted by atomic mass is 16.5. The maximum Gasteiger partial charge on any atom is 0.174 e. The Morgan fingerprint density at radius 3 is 2.75 bits per heavy atom. The summed E-state index contributed by atoms with van der Waals surface area (Å²) in [7, 11) is 0. The van der Waals surface area contributed by atoms with Crippen molar-refractivity contribution in [1.29, 1.82) is 0 Å². The van der Waals surface area contributed by atoms with Gasteiger partial charge in [0, 0.05) is 12.1 Å². The molecule has 0 aliphatic carbocycles. The van der Waals surface area contributed by atoms with Crippen LogP contribution in [0.15, 0.2) is 54.1 Å². The molecular weight excluding hydrogens is 304 g/mol. The number of phenolic OH excluding ortho intramolecular Hbond substituents is 1. The standard InChI is InChI=1S/C20H20O4/c1-13(2)8-9-23-15-10-16(21)20-17(22)12-18(24-19(20)11-15)14-6-4-3-5-7-14/h3-8,10-11,18,21H,9,12H2,1-2H3/t18-/m0/s1. The smallest absolute Gasteiger partial charge is 0.174 e. The van der Waals surface area contributed by atoms with Gasteiger partial charge in [-0.2, -0.15) is 0 Å². The fraction of sp³-hybridized carbons (Fsp3) is 0.250. The summed E-state index contributed by atoms with van der Waals surface area (Å²) in [6.07, 6.45) is 1.80. The fourth-order valence-corrected chi connectivity index (χ4v) is 2.66. The lowest BCUT2D eigenvalue weighted by Crippen LogP contribution is -2.20. The number of fused-ring (bicyclic) bond motifs is 1. The summed E-state index contributed by atoms with van der Waals surface area (Å²) < 4.78 is 11.6. The molecule has 0 amide bonds. The number of carbonyl (C=O) groups is 1. The van der Waals surface area contributed by atoms with E-state index < -0.39 is 0 Å². The van der Waals surface area contributed by atoms with Crippen LogP contribution in [0.1, 0.15) is 42.3 Å². The van der Waals surface area contributed by atoms with Gasteiger partial charge in [-0.05, 0) is 25.5 Å². The lowest BCUT2D eigenvalue weighted by Gasteiger charge is -2.26. The lowest BCUT2D eigenvalue weighted by molar-refractivity contribution is 0.0844. The fourth-order valence-electron chi connectivity index (χ4n) is 2.66. The Morgan fingerprint density at radius 2 is 2.04 bits per heavy atom. The molecule has 1 heterocycles. The molecule has 24 heavy (non-hydrogen) atoms. The van der Waals surface area contributed by atoms with E-state index in [1.165, 1.54) is 6.07 Å². The number of aromatic hydroxyl groups is 1. The number of phenols is 1. The van der Waals surface area contributed by atoms with Gasteiger partial charge >= 0.3 is 0 Å². The average molecular weight is 324 g/mol. The molecule has 3 rings (SSSR count). The van der Waals surface area contributed by atoms with E-state index in [1.54, 1.807) is 6.07 Å². The first-order valence-electron chi connectivity index (χ1n) is 7.92. The van der Waals surface area contributed by atoms with E-state index in [2.05, 4.69) is 0 Å². The van der Waals surface area contributed by atoms with Crippen molar-refractivity contribution in [2.24, 2.45) is 0 Å². The summed E-state index contributed by atoms with van der Waals surface area (Å²) in [6.45, 7) is 4.37. The summed E-state index contributed by atoms with van der Waals surface area (Å²) in [5, 5.41) is 10.2. The van der Waals surface area contributed by atoms with Gasteiger partial charge in [0.15, 0.2) is 5.78 Å². The van der Waals surface area contributed by atoms with E-state index in [0.717, 1.165) is 11.1 Å². The summed E-state index contributed by atoms with van der Waals surface area (Å²) in [5.41, 5.74) is 2.32. The SMILES string of the molecule is CC(C)=CCOc1cc(O)c2c(c1)O[C@H](c1ccccc1)CC2=O. The molecule has 1 N–H and O–H groups in total. The predicted molar refractivity (Wildman–Crippen MR) is 91.8 cm³/mol. The minimum Gasteiger partial charge on any atom is -0.507 e. The monoisotopic (exact) mass is 324 g/mol. The van der Waals surface area contributed by atoms with E-state index in [4.69, 9.17) is 9.47 Å². The van der Waals surface area contributed by atoms with Crippen LogP contribution in [-0.2, 0) is 0 Å². The van der Waals surface area contributed by atoms with Crippen LogP contribution in [0.5, 0.6) is 17.2 Å². The molecule has 0 bridgehead atoms. The molecule has 1 aliphatic rings. The first-order chi connectivity index (χ1) is 11.5. The number of hydrogen-bond donors (Lipinski definition) is 1. The third kappa shape index (κ3) is 3.43. The number of ketones is 1. The maximum absolute atomic E-state index is 12.4. The van der Waals surface area contributed by atoms with Crippen LogP contribution >= 0.6 is 0 Å². The van der Waals surface area contributed by atoms with Crippen molar-refractivity contribution >= 4 is 5.78 Å². The zero-order valence-electron chi connectivity index (χ0n) is 13.8. The number of Topliss-reactive ketones (excluding diaryl/α,β-unsaturated/α-hetero) is 1. The van der Waals surface area contributed by atoms with Gasteiger partial charge in [0.2, 0.25) is 0 Å². The molecule has 0 saturated carbocycles. The van der Waals surface area contributed by atoms with Crippen LogP contribution in [0.3, 0.4) is 0 Å². The zero-order chi connectivity index (χ0) is 17.1. The van der Waals surface area contributed by atoms with Crippen LogP contribution in [0.25, 0.3) is 0 Å². The van der Waals surface area contributed by atoms with Gasteiger partial charge in [0.05, 0.1) is 6.42 Å². The number of rotatable bonds is 4. The molecule has 1 aliphatic heterocycles. The Kier molecular flexibility index (Phi) is 4.56. The molecule has 0 aromatic heterocycles. The average Bonchev–Trinajstić information content (AvgIpc) is 2.54. The van der Waals surface area contributed by atoms with Crippen LogP contribution in [0.4, 0.5) is 0 Å². The first kappa shape index (κ1) is 16.1. The summed E-state index contributed by atoms with van der Waals surface area (Å²) >= 11 is 0. The summed E-state index contributed by atoms with van der Waals surface area (Å²) in [5.74, 6) is 0.618. The van der Waals surface area contributed by atoms with Gasteiger partial charge in [-0.1, -0.05) is 35.9 Å². The first-order valence-corrected chi connectivity index (χ1v) is 7.92. The van der Waals surface area contributed by atoms with E-state index in [9.17, 15) is 9.90 Å². The Bertz CT molecular complexity index is 774. The summed E-state index contributed by atoms with van der Waals surface area (Å²) in [6, 6.07) is 12.7. The molecule has 0 radical (unpaired) electrons. The van der Waals surface area contributed by atoms with Crippen molar-refractivity contribution < 1.29 is 19.4 Å². The quantitative estimate of drug-likeness (QED) is 0.845. The van der Waals surface area contributed by atoms with Crippen molar-refractivity contribution in [3.8, 4) is 17.2 Å². The second-order valence-electron chi connectivity index (χ2n) is 6.05. The van der Waals surface area contributed by atoms with Crippen molar-refractivity contribution in [2.75, 3.05) is 6.61 Å². The van der Waals surface area contributed by atoms with Gasteiger partial charge in [0.25, 0.3) is 0 Å². The second-order valence-corrected chi connectivity index (χ2v) is 6.05. The van der Waals surface area contributed by atoms with Crippen LogP contribution in [-0.4, -0.2) is 17.5 Å². The highest BCUT2D eigenvalue weighted by molar-refractivity contribution is 6.02. The zero-order valence-corrected chi connectivity index (χ0v) is 13.8. The molecule has 4 nitrogen and oxygen atoms in total. The number of benzene rings is 2. The Morgan fingerprint density at radius 1 is 1.29 bits per heavy atom. The van der Waals surface area contributed by atoms with Gasteiger partial charge < -0.3 is 14.6 Å². The molecule has 0 saturated heterocycles. The third-order valence-corrected chi connectivity index (χ3v) is 3.89. The van der Waals surface area contributed by atoms with E-state index in [0.29, 0.717) is 18.1 Å². The van der Waals surface area contributed by atoms with Crippen LogP contribution < -0.4 is 9.47 Å². The van der Waals surface area contributed by atoms with Crippen molar-refractivity contribution in [3.63, 3.8) is 0 Å². The van der Waals surface area contributed by atoms with Gasteiger partial charge in [0.1, 0.15) is 35.5 Å². The lowest BCUT2D eigenvalue weighted by atomic mass is 9.95. The molecular formula is C20H20O4. The van der Waals surface area contributed by atoms with E-state index in [-0.39, 0.29) is 29.6 Å². The van der Waals surface area contributed by atoms with Crippen molar-refractivity contribution in [2.45, 2.75) is 26.4 Å². The minimum atomic E-state index is -0.348. The molecule has 1 atom stereocenters. The maximum atomic E-state index is 12.4. The Hall–Kier alpha value is -2.75. The van der Waals surface area contributed by atoms with Crippen LogP contribution in [0.2, 0.25) is 0 Å². The topological polar surface area (TPSA) is 55.8 Å². The number of carbonyl (C=O) groups excluding carboxylic acids is 1. The van der Waals surface area contributed by atoms with Gasteiger partial charge in [-0.3, -0.25) is 4.79 Å². The normalized spacial score (nSPS) is 16.1. The molecule has 4 heteroatoms. The molecule has 0 spiro atoms. The number of allylic oxidation sites excluding steroid dienone is 1. The largest absolute Gasteiger partial charge is 0.507 e. The molecule has 0 unspecified atom stereocenters. The van der Waals surface area contributed by atoms with Crippen molar-refractivity contribution in [1.82, 2.24) is 0 Å². The van der Waals surface area contributed by atoms with E-state index in [1.807, 2.05) is 50.3 Å². The third-order valence-electron chi connectivity index (χ3n) is 3.89. The molecule has 0 fully saturated rings.